The van der Waals surface area contributed by atoms with Crippen LogP contribution in [-0.4, -0.2) is 11.5 Å². The molecular weight excluding hydrogens is 270 g/mol. The number of rotatable bonds is 6. The van der Waals surface area contributed by atoms with Gasteiger partial charge in [0.05, 0.1) is 0 Å². The Bertz CT molecular complexity index is 585. The van der Waals surface area contributed by atoms with E-state index in [1.807, 2.05) is 12.1 Å². The van der Waals surface area contributed by atoms with Gasteiger partial charge in [0, 0.05) is 30.1 Å². The van der Waals surface area contributed by atoms with Gasteiger partial charge in [-0.3, -0.25) is 4.98 Å². The topological polar surface area (TPSA) is 24.9 Å². The Labute approximate surface area is 124 Å². The zero-order chi connectivity index (χ0) is 15.2. The van der Waals surface area contributed by atoms with Crippen molar-refractivity contribution in [1.29, 1.82) is 0 Å². The highest BCUT2D eigenvalue weighted by Gasteiger charge is 2.17. The minimum atomic E-state index is -0.505. The van der Waals surface area contributed by atoms with E-state index in [4.69, 9.17) is 0 Å². The minimum absolute atomic E-state index is 0.174. The molecule has 1 heterocycles. The normalized spacial score (nSPS) is 12.4. The van der Waals surface area contributed by atoms with Gasteiger partial charge < -0.3 is 5.32 Å². The van der Waals surface area contributed by atoms with Gasteiger partial charge in [-0.25, -0.2) is 8.78 Å². The first kappa shape index (κ1) is 15.6. The van der Waals surface area contributed by atoms with Crippen molar-refractivity contribution in [3.63, 3.8) is 0 Å². The van der Waals surface area contributed by atoms with Gasteiger partial charge >= 0.3 is 0 Å². The summed E-state index contributed by atoms with van der Waals surface area (Å²) in [5.74, 6) is -1.00. The Morgan fingerprint density at radius 1 is 1.14 bits per heavy atom. The molecule has 112 valence electrons. The quantitative estimate of drug-likeness (QED) is 0.871. The van der Waals surface area contributed by atoms with Crippen molar-refractivity contribution in [2.45, 2.75) is 32.7 Å². The summed E-state index contributed by atoms with van der Waals surface area (Å²) in [6.07, 6.45) is 5.04. The summed E-state index contributed by atoms with van der Waals surface area (Å²) >= 11 is 0. The molecule has 4 heteroatoms. The first-order valence-corrected chi connectivity index (χ1v) is 7.19. The summed E-state index contributed by atoms with van der Waals surface area (Å²) < 4.78 is 27.6. The second-order valence-electron chi connectivity index (χ2n) is 5.19. The lowest BCUT2D eigenvalue weighted by Crippen LogP contribution is -2.25. The standard InChI is InChI=1S/C17H20F2N2/c1-3-6-21-17(10-13-4-7-20-8-5-13)14-9-12(2)15(18)11-16(14)19/h4-5,7-9,11,17,21H,3,6,10H2,1-2H3. The lowest BCUT2D eigenvalue weighted by molar-refractivity contribution is 0.489. The van der Waals surface area contributed by atoms with Gasteiger partial charge in [-0.15, -0.1) is 0 Å². The molecule has 0 bridgehead atoms. The number of nitrogens with one attached hydrogen (secondary N) is 1. The van der Waals surface area contributed by atoms with E-state index in [2.05, 4.69) is 17.2 Å². The van der Waals surface area contributed by atoms with Crippen molar-refractivity contribution in [3.8, 4) is 0 Å². The maximum atomic E-state index is 14.1. The zero-order valence-electron chi connectivity index (χ0n) is 12.4. The van der Waals surface area contributed by atoms with Crippen LogP contribution in [0.5, 0.6) is 0 Å². The molecule has 1 N–H and O–H groups in total. The number of hydrogen-bond donors (Lipinski definition) is 1. The van der Waals surface area contributed by atoms with E-state index in [1.165, 1.54) is 0 Å². The predicted molar refractivity (Wildman–Crippen MR) is 80.1 cm³/mol. The summed E-state index contributed by atoms with van der Waals surface area (Å²) in [5, 5.41) is 3.34. The highest BCUT2D eigenvalue weighted by atomic mass is 19.1. The zero-order valence-corrected chi connectivity index (χ0v) is 12.4. The van der Waals surface area contributed by atoms with Crippen LogP contribution >= 0.6 is 0 Å². The van der Waals surface area contributed by atoms with E-state index in [0.29, 0.717) is 17.5 Å². The summed E-state index contributed by atoms with van der Waals surface area (Å²) in [6.45, 7) is 4.50. The minimum Gasteiger partial charge on any atom is -0.310 e. The Balaban J connectivity index is 2.29. The number of hydrogen-bond acceptors (Lipinski definition) is 2. The molecule has 0 spiro atoms. The van der Waals surface area contributed by atoms with Crippen LogP contribution in [0.2, 0.25) is 0 Å². The number of aromatic nitrogens is 1. The van der Waals surface area contributed by atoms with Crippen molar-refractivity contribution in [2.24, 2.45) is 0 Å². The molecule has 1 atom stereocenters. The molecule has 0 aliphatic heterocycles. The molecule has 0 saturated heterocycles. The fourth-order valence-electron chi connectivity index (χ4n) is 2.31. The van der Waals surface area contributed by atoms with E-state index < -0.39 is 11.6 Å². The lowest BCUT2D eigenvalue weighted by atomic mass is 9.97. The molecule has 1 aromatic heterocycles. The van der Waals surface area contributed by atoms with Gasteiger partial charge in [-0.1, -0.05) is 6.92 Å². The van der Waals surface area contributed by atoms with Gasteiger partial charge in [-0.05, 0) is 55.6 Å². The van der Waals surface area contributed by atoms with Gasteiger partial charge in [0.15, 0.2) is 0 Å². The fraction of sp³-hybridized carbons (Fsp3) is 0.353. The molecule has 1 unspecified atom stereocenters. The van der Waals surface area contributed by atoms with Gasteiger partial charge in [0.2, 0.25) is 0 Å². The highest BCUT2D eigenvalue weighted by molar-refractivity contribution is 5.29. The average molecular weight is 290 g/mol. The molecular formula is C17H20F2N2. The maximum absolute atomic E-state index is 14.1. The van der Waals surface area contributed by atoms with Gasteiger partial charge in [-0.2, -0.15) is 0 Å². The van der Waals surface area contributed by atoms with Crippen LogP contribution in [0.15, 0.2) is 36.7 Å². The van der Waals surface area contributed by atoms with Crippen LogP contribution in [0.1, 0.15) is 36.1 Å². The van der Waals surface area contributed by atoms with Gasteiger partial charge in [0.25, 0.3) is 0 Å². The second-order valence-corrected chi connectivity index (χ2v) is 5.19. The van der Waals surface area contributed by atoms with E-state index in [9.17, 15) is 8.78 Å². The lowest BCUT2D eigenvalue weighted by Gasteiger charge is -2.20. The molecule has 2 nitrogen and oxygen atoms in total. The van der Waals surface area contributed by atoms with Crippen molar-refractivity contribution < 1.29 is 8.78 Å². The molecule has 2 rings (SSSR count). The summed E-state index contributed by atoms with van der Waals surface area (Å²) in [5.41, 5.74) is 2.04. The van der Waals surface area contributed by atoms with Crippen LogP contribution < -0.4 is 5.32 Å². The van der Waals surface area contributed by atoms with Crippen LogP contribution in [0.25, 0.3) is 0 Å². The Morgan fingerprint density at radius 2 is 1.86 bits per heavy atom. The van der Waals surface area contributed by atoms with E-state index >= 15 is 0 Å². The van der Waals surface area contributed by atoms with Crippen molar-refractivity contribution >= 4 is 0 Å². The number of halogens is 2. The van der Waals surface area contributed by atoms with Crippen LogP contribution in [0.3, 0.4) is 0 Å². The maximum Gasteiger partial charge on any atom is 0.130 e. The molecule has 0 saturated carbocycles. The third-order valence-corrected chi connectivity index (χ3v) is 3.48. The van der Waals surface area contributed by atoms with Gasteiger partial charge in [0.1, 0.15) is 11.6 Å². The number of benzene rings is 1. The average Bonchev–Trinajstić information content (AvgIpc) is 2.48. The van der Waals surface area contributed by atoms with Crippen molar-refractivity contribution in [1.82, 2.24) is 10.3 Å². The SMILES string of the molecule is CCCNC(Cc1ccncc1)c1cc(C)c(F)cc1F. The van der Waals surface area contributed by atoms with Crippen LogP contribution in [0, 0.1) is 18.6 Å². The Kier molecular flexibility index (Phi) is 5.39. The Hall–Kier alpha value is -1.81. The fourth-order valence-corrected chi connectivity index (χ4v) is 2.31. The molecule has 0 aliphatic rings. The second kappa shape index (κ2) is 7.27. The largest absolute Gasteiger partial charge is 0.310 e. The summed E-state index contributed by atoms with van der Waals surface area (Å²) in [6, 6.07) is 6.22. The number of nitrogens with zero attached hydrogens (tertiary/aromatic N) is 1. The monoisotopic (exact) mass is 290 g/mol. The summed E-state index contributed by atoms with van der Waals surface area (Å²) in [7, 11) is 0. The summed E-state index contributed by atoms with van der Waals surface area (Å²) in [4.78, 5) is 3.99. The molecule has 0 radical (unpaired) electrons. The third kappa shape index (κ3) is 4.08. The predicted octanol–water partition coefficient (Wildman–Crippen LogP) is 3.95. The number of pyridine rings is 1. The smallest absolute Gasteiger partial charge is 0.130 e. The van der Waals surface area contributed by atoms with E-state index in [-0.39, 0.29) is 6.04 Å². The highest BCUT2D eigenvalue weighted by Crippen LogP contribution is 2.24. The first-order valence-electron chi connectivity index (χ1n) is 7.19. The van der Waals surface area contributed by atoms with Crippen molar-refractivity contribution in [2.75, 3.05) is 6.54 Å². The molecule has 21 heavy (non-hydrogen) atoms. The van der Waals surface area contributed by atoms with E-state index in [1.54, 1.807) is 25.4 Å². The van der Waals surface area contributed by atoms with Crippen molar-refractivity contribution in [3.05, 3.63) is 65.0 Å². The third-order valence-electron chi connectivity index (χ3n) is 3.48. The van der Waals surface area contributed by atoms with E-state index in [0.717, 1.165) is 24.6 Å². The molecule has 0 aliphatic carbocycles. The van der Waals surface area contributed by atoms with Crippen LogP contribution in [-0.2, 0) is 6.42 Å². The Morgan fingerprint density at radius 3 is 2.52 bits per heavy atom. The molecule has 1 aromatic carbocycles. The van der Waals surface area contributed by atoms with Crippen LogP contribution in [0.4, 0.5) is 8.78 Å². The molecule has 0 fully saturated rings. The first-order chi connectivity index (χ1) is 10.1. The number of aryl methyl sites for hydroxylation is 1. The molecule has 0 amide bonds. The molecule has 2 aromatic rings.